The van der Waals surface area contributed by atoms with Gasteiger partial charge >= 0.3 is 0 Å². The molecule has 0 saturated carbocycles. The van der Waals surface area contributed by atoms with Crippen LogP contribution < -0.4 is 4.74 Å². The molecule has 0 saturated heterocycles. The lowest BCUT2D eigenvalue weighted by Gasteiger charge is -2.20. The topological polar surface area (TPSA) is 80.4 Å². The fourth-order valence-corrected chi connectivity index (χ4v) is 2.94. The van der Waals surface area contributed by atoms with Gasteiger partial charge in [0.05, 0.1) is 24.2 Å². The van der Waals surface area contributed by atoms with Gasteiger partial charge < -0.3 is 14.9 Å². The average molecular weight is 367 g/mol. The van der Waals surface area contributed by atoms with E-state index in [0.29, 0.717) is 18.5 Å². The summed E-state index contributed by atoms with van der Waals surface area (Å²) in [7, 11) is 1.63. The molecule has 27 heavy (non-hydrogen) atoms. The number of ether oxygens (including phenoxy) is 1. The number of benzene rings is 1. The number of aromatic nitrogens is 3. The molecule has 1 unspecified atom stereocenters. The summed E-state index contributed by atoms with van der Waals surface area (Å²) in [5, 5.41) is 24.6. The van der Waals surface area contributed by atoms with Crippen molar-refractivity contribution in [2.75, 3.05) is 13.7 Å². The molecule has 3 aromatic rings. The Kier molecular flexibility index (Phi) is 5.58. The third-order valence-electron chi connectivity index (χ3n) is 4.61. The van der Waals surface area contributed by atoms with E-state index in [1.807, 2.05) is 49.4 Å². The van der Waals surface area contributed by atoms with Gasteiger partial charge in [-0.25, -0.2) is 4.68 Å². The Morgan fingerprint density at radius 3 is 2.48 bits per heavy atom. The lowest BCUT2D eigenvalue weighted by Crippen LogP contribution is -2.22. The molecular formula is C21H25N3O3. The summed E-state index contributed by atoms with van der Waals surface area (Å²) in [5.41, 5.74) is 2.97. The van der Waals surface area contributed by atoms with Crippen LogP contribution in [-0.2, 0) is 5.60 Å². The number of aryl methyl sites for hydroxylation is 1. The molecular weight excluding hydrogens is 342 g/mol. The molecule has 1 aromatic carbocycles. The van der Waals surface area contributed by atoms with E-state index in [-0.39, 0.29) is 6.61 Å². The second kappa shape index (κ2) is 7.90. The smallest absolute Gasteiger partial charge is 0.119 e. The highest BCUT2D eigenvalue weighted by molar-refractivity contribution is 5.62. The lowest BCUT2D eigenvalue weighted by molar-refractivity contribution is 0.0357. The zero-order valence-electron chi connectivity index (χ0n) is 15.9. The van der Waals surface area contributed by atoms with E-state index in [0.717, 1.165) is 28.4 Å². The number of aliphatic hydroxyl groups excluding tert-OH is 1. The van der Waals surface area contributed by atoms with Crippen LogP contribution in [0.5, 0.6) is 5.75 Å². The van der Waals surface area contributed by atoms with Crippen molar-refractivity contribution in [1.82, 2.24) is 14.8 Å². The van der Waals surface area contributed by atoms with Crippen LogP contribution in [0.25, 0.3) is 16.9 Å². The minimum absolute atomic E-state index is 0.0318. The third kappa shape index (κ3) is 4.18. The SMILES string of the molecule is COc1ccc(-n2nc(C(C)(O)CCCO)cc2-c2ccc(C)nc2)cc1. The van der Waals surface area contributed by atoms with E-state index < -0.39 is 5.60 Å². The first-order valence-electron chi connectivity index (χ1n) is 8.96. The Balaban J connectivity index is 2.09. The van der Waals surface area contributed by atoms with Crippen LogP contribution in [0, 0.1) is 6.92 Å². The molecule has 0 bridgehead atoms. The van der Waals surface area contributed by atoms with E-state index in [2.05, 4.69) is 10.1 Å². The monoisotopic (exact) mass is 367 g/mol. The molecule has 1 atom stereocenters. The van der Waals surface area contributed by atoms with Crippen LogP contribution in [0.2, 0.25) is 0 Å². The van der Waals surface area contributed by atoms with Crippen LogP contribution in [0.15, 0.2) is 48.7 Å². The lowest BCUT2D eigenvalue weighted by atomic mass is 9.96. The molecule has 2 aromatic heterocycles. The van der Waals surface area contributed by atoms with Gasteiger partial charge in [0.1, 0.15) is 11.4 Å². The van der Waals surface area contributed by atoms with E-state index >= 15 is 0 Å². The highest BCUT2D eigenvalue weighted by atomic mass is 16.5. The molecule has 6 nitrogen and oxygen atoms in total. The molecule has 0 aliphatic carbocycles. The fourth-order valence-electron chi connectivity index (χ4n) is 2.94. The van der Waals surface area contributed by atoms with Crippen molar-refractivity contribution in [1.29, 1.82) is 0 Å². The van der Waals surface area contributed by atoms with Crippen LogP contribution >= 0.6 is 0 Å². The van der Waals surface area contributed by atoms with Crippen molar-refractivity contribution in [3.63, 3.8) is 0 Å². The maximum atomic E-state index is 10.9. The summed E-state index contributed by atoms with van der Waals surface area (Å²) in [6.07, 6.45) is 2.73. The molecule has 3 rings (SSSR count). The molecule has 142 valence electrons. The first kappa shape index (κ1) is 19.1. The highest BCUT2D eigenvalue weighted by Gasteiger charge is 2.27. The molecule has 6 heteroatoms. The van der Waals surface area contributed by atoms with Gasteiger partial charge in [-0.1, -0.05) is 0 Å². The van der Waals surface area contributed by atoms with Crippen LogP contribution in [0.1, 0.15) is 31.2 Å². The first-order valence-corrected chi connectivity index (χ1v) is 8.96. The summed E-state index contributed by atoms with van der Waals surface area (Å²) in [6.45, 7) is 3.69. The summed E-state index contributed by atoms with van der Waals surface area (Å²) in [6, 6.07) is 13.4. The Labute approximate surface area is 159 Å². The Bertz CT molecular complexity index is 884. The summed E-state index contributed by atoms with van der Waals surface area (Å²) < 4.78 is 7.03. The molecule has 2 N–H and O–H groups in total. The van der Waals surface area contributed by atoms with Crippen molar-refractivity contribution in [3.05, 3.63) is 60.0 Å². The molecule has 0 amide bonds. The number of hydrogen-bond donors (Lipinski definition) is 2. The van der Waals surface area contributed by atoms with Gasteiger partial charge in [-0.05, 0) is 69.2 Å². The fraction of sp³-hybridized carbons (Fsp3) is 0.333. The van der Waals surface area contributed by atoms with Crippen molar-refractivity contribution in [3.8, 4) is 22.7 Å². The molecule has 0 aliphatic heterocycles. The number of nitrogens with zero attached hydrogens (tertiary/aromatic N) is 3. The Morgan fingerprint density at radius 1 is 1.15 bits per heavy atom. The molecule has 0 aliphatic rings. The summed E-state index contributed by atoms with van der Waals surface area (Å²) in [5.74, 6) is 0.764. The maximum absolute atomic E-state index is 10.9. The van der Waals surface area contributed by atoms with Crippen LogP contribution in [0.3, 0.4) is 0 Å². The van der Waals surface area contributed by atoms with Gasteiger partial charge in [0.15, 0.2) is 0 Å². The standard InChI is InChI=1S/C21H25N3O3/c1-15-5-6-16(14-22-15)19-13-20(21(2,26)11-4-12-25)23-24(19)17-7-9-18(27-3)10-8-17/h5-10,13-14,25-26H,4,11-12H2,1-3H3. The van der Waals surface area contributed by atoms with Crippen LogP contribution in [-0.4, -0.2) is 38.7 Å². The van der Waals surface area contributed by atoms with E-state index in [4.69, 9.17) is 9.84 Å². The van der Waals surface area contributed by atoms with Crippen molar-refractivity contribution in [2.45, 2.75) is 32.3 Å². The van der Waals surface area contributed by atoms with E-state index in [9.17, 15) is 5.11 Å². The quantitative estimate of drug-likeness (QED) is 0.670. The van der Waals surface area contributed by atoms with Gasteiger partial charge in [-0.2, -0.15) is 5.10 Å². The second-order valence-corrected chi connectivity index (χ2v) is 6.81. The summed E-state index contributed by atoms with van der Waals surface area (Å²) in [4.78, 5) is 4.38. The Morgan fingerprint density at radius 2 is 1.89 bits per heavy atom. The normalized spacial score (nSPS) is 13.4. The number of pyridine rings is 1. The van der Waals surface area contributed by atoms with Gasteiger partial charge in [-0.15, -0.1) is 0 Å². The minimum Gasteiger partial charge on any atom is -0.497 e. The molecule has 0 radical (unpaired) electrons. The number of rotatable bonds is 7. The molecule has 2 heterocycles. The molecule has 0 fully saturated rings. The number of hydrogen-bond acceptors (Lipinski definition) is 5. The van der Waals surface area contributed by atoms with Crippen molar-refractivity contribution >= 4 is 0 Å². The largest absolute Gasteiger partial charge is 0.497 e. The zero-order valence-corrected chi connectivity index (χ0v) is 15.9. The Hall–Kier alpha value is -2.70. The molecule has 0 spiro atoms. The minimum atomic E-state index is -1.13. The predicted molar refractivity (Wildman–Crippen MR) is 104 cm³/mol. The predicted octanol–water partition coefficient (Wildman–Crippen LogP) is 3.23. The number of methoxy groups -OCH3 is 1. The van der Waals surface area contributed by atoms with Crippen molar-refractivity contribution < 1.29 is 14.9 Å². The first-order chi connectivity index (χ1) is 12.9. The third-order valence-corrected chi connectivity index (χ3v) is 4.61. The van der Waals surface area contributed by atoms with E-state index in [1.165, 1.54) is 0 Å². The van der Waals surface area contributed by atoms with Gasteiger partial charge in [0, 0.05) is 24.1 Å². The van der Waals surface area contributed by atoms with Crippen molar-refractivity contribution in [2.24, 2.45) is 0 Å². The zero-order chi connectivity index (χ0) is 19.4. The van der Waals surface area contributed by atoms with Gasteiger partial charge in [0.25, 0.3) is 0 Å². The number of aliphatic hydroxyl groups is 2. The average Bonchev–Trinajstić information content (AvgIpc) is 3.13. The summed E-state index contributed by atoms with van der Waals surface area (Å²) >= 11 is 0. The van der Waals surface area contributed by atoms with E-state index in [1.54, 1.807) is 24.9 Å². The van der Waals surface area contributed by atoms with Gasteiger partial charge in [0.2, 0.25) is 0 Å². The van der Waals surface area contributed by atoms with Gasteiger partial charge in [-0.3, -0.25) is 4.98 Å². The maximum Gasteiger partial charge on any atom is 0.119 e. The highest BCUT2D eigenvalue weighted by Crippen LogP contribution is 2.31. The second-order valence-electron chi connectivity index (χ2n) is 6.81. The van der Waals surface area contributed by atoms with Crippen LogP contribution in [0.4, 0.5) is 0 Å².